The van der Waals surface area contributed by atoms with Crippen LogP contribution in [0.5, 0.6) is 0 Å². The molecular weight excluding hydrogens is 743 g/mol. The van der Waals surface area contributed by atoms with Crippen molar-refractivity contribution >= 4 is 11.9 Å². The number of unbranched alkanes of at least 4 members (excludes halogenated alkanes) is 36. The van der Waals surface area contributed by atoms with Gasteiger partial charge >= 0.3 is 5.97 Å². The average molecular weight is 846 g/mol. The van der Waals surface area contributed by atoms with Crippen LogP contribution in [-0.2, 0) is 14.3 Å². The van der Waals surface area contributed by atoms with Crippen molar-refractivity contribution < 1.29 is 24.5 Å². The van der Waals surface area contributed by atoms with Gasteiger partial charge in [-0.25, -0.2) is 0 Å². The summed E-state index contributed by atoms with van der Waals surface area (Å²) in [5, 5.41) is 22.9. The lowest BCUT2D eigenvalue weighted by molar-refractivity contribution is -0.143. The number of amides is 1. The Hall–Kier alpha value is -1.66. The fourth-order valence-corrected chi connectivity index (χ4v) is 8.10. The predicted molar refractivity (Wildman–Crippen MR) is 260 cm³/mol. The Balaban J connectivity index is 3.41. The summed E-state index contributed by atoms with van der Waals surface area (Å²) in [5.41, 5.74) is 0. The molecule has 0 heterocycles. The number of hydrogen-bond acceptors (Lipinski definition) is 5. The third-order valence-corrected chi connectivity index (χ3v) is 12.2. The summed E-state index contributed by atoms with van der Waals surface area (Å²) in [7, 11) is 0. The standard InChI is InChI=1S/C54H103NO5/c1-3-5-7-9-11-13-15-16-17-22-25-28-32-36-40-44-48-54(59)60-49-45-41-37-33-29-26-23-20-18-19-21-24-27-31-35-39-43-47-53(58)55-51(50-56)52(57)46-42-38-34-30-14-12-10-8-6-4-2/h17,22,42,46,51-52,56-57H,3-16,18-21,23-41,43-45,47-50H2,1-2H3,(H,55,58)/b22-17-,46-42+. The van der Waals surface area contributed by atoms with Gasteiger partial charge in [0.2, 0.25) is 5.91 Å². The molecule has 354 valence electrons. The van der Waals surface area contributed by atoms with Gasteiger partial charge in [0.1, 0.15) is 0 Å². The quantitative estimate of drug-likeness (QED) is 0.0322. The molecule has 0 aliphatic rings. The summed E-state index contributed by atoms with van der Waals surface area (Å²) in [4.78, 5) is 24.4. The van der Waals surface area contributed by atoms with E-state index in [1.165, 1.54) is 212 Å². The highest BCUT2D eigenvalue weighted by molar-refractivity contribution is 5.76. The molecular formula is C54H103NO5. The number of nitrogens with one attached hydrogen (secondary N) is 1. The smallest absolute Gasteiger partial charge is 0.305 e. The van der Waals surface area contributed by atoms with Gasteiger partial charge in [-0.2, -0.15) is 0 Å². The fraction of sp³-hybridized carbons (Fsp3) is 0.889. The first-order valence-electron chi connectivity index (χ1n) is 26.6. The Bertz CT molecular complexity index is 935. The van der Waals surface area contributed by atoms with Gasteiger partial charge in [-0.05, 0) is 57.8 Å². The van der Waals surface area contributed by atoms with Crippen LogP contribution in [0.3, 0.4) is 0 Å². The van der Waals surface area contributed by atoms with E-state index in [0.717, 1.165) is 44.9 Å². The summed E-state index contributed by atoms with van der Waals surface area (Å²) in [6.07, 6.45) is 59.0. The zero-order chi connectivity index (χ0) is 43.7. The Labute approximate surface area is 373 Å². The summed E-state index contributed by atoms with van der Waals surface area (Å²) < 4.78 is 5.47. The molecule has 0 aromatic rings. The first-order valence-corrected chi connectivity index (χ1v) is 26.6. The van der Waals surface area contributed by atoms with Crippen LogP contribution in [0.15, 0.2) is 24.3 Å². The monoisotopic (exact) mass is 846 g/mol. The van der Waals surface area contributed by atoms with Crippen molar-refractivity contribution in [1.82, 2.24) is 5.32 Å². The van der Waals surface area contributed by atoms with E-state index >= 15 is 0 Å². The lowest BCUT2D eigenvalue weighted by Gasteiger charge is -2.20. The van der Waals surface area contributed by atoms with Gasteiger partial charge in [0.05, 0.1) is 25.4 Å². The maximum absolute atomic E-state index is 12.4. The second-order valence-corrected chi connectivity index (χ2v) is 18.2. The maximum Gasteiger partial charge on any atom is 0.305 e. The van der Waals surface area contributed by atoms with Crippen LogP contribution in [-0.4, -0.2) is 47.4 Å². The average Bonchev–Trinajstić information content (AvgIpc) is 3.25. The maximum atomic E-state index is 12.4. The lowest BCUT2D eigenvalue weighted by Crippen LogP contribution is -2.45. The minimum Gasteiger partial charge on any atom is -0.466 e. The summed E-state index contributed by atoms with van der Waals surface area (Å²) in [5.74, 6) is -0.0787. The number of rotatable bonds is 49. The lowest BCUT2D eigenvalue weighted by atomic mass is 10.0. The number of allylic oxidation sites excluding steroid dienone is 3. The highest BCUT2D eigenvalue weighted by Crippen LogP contribution is 2.16. The van der Waals surface area contributed by atoms with E-state index in [4.69, 9.17) is 4.74 Å². The van der Waals surface area contributed by atoms with E-state index < -0.39 is 12.1 Å². The molecule has 2 atom stereocenters. The molecule has 0 rings (SSSR count). The van der Waals surface area contributed by atoms with Crippen LogP contribution < -0.4 is 5.32 Å². The Morgan fingerprint density at radius 1 is 0.450 bits per heavy atom. The fourth-order valence-electron chi connectivity index (χ4n) is 8.10. The van der Waals surface area contributed by atoms with Crippen LogP contribution in [0, 0.1) is 0 Å². The van der Waals surface area contributed by atoms with Crippen molar-refractivity contribution in [3.63, 3.8) is 0 Å². The van der Waals surface area contributed by atoms with Crippen molar-refractivity contribution in [2.24, 2.45) is 0 Å². The van der Waals surface area contributed by atoms with Gasteiger partial charge in [-0.15, -0.1) is 0 Å². The predicted octanol–water partition coefficient (Wildman–Crippen LogP) is 15.9. The van der Waals surface area contributed by atoms with Crippen LogP contribution in [0.2, 0.25) is 0 Å². The number of carbonyl (C=O) groups excluding carboxylic acids is 2. The number of ether oxygens (including phenoxy) is 1. The first kappa shape index (κ1) is 58.3. The van der Waals surface area contributed by atoms with Gasteiger partial charge < -0.3 is 20.3 Å². The van der Waals surface area contributed by atoms with E-state index in [1.54, 1.807) is 6.08 Å². The van der Waals surface area contributed by atoms with Crippen molar-refractivity contribution in [3.8, 4) is 0 Å². The van der Waals surface area contributed by atoms with E-state index in [1.807, 2.05) is 6.08 Å². The van der Waals surface area contributed by atoms with Crippen molar-refractivity contribution in [2.75, 3.05) is 13.2 Å². The second kappa shape index (κ2) is 50.0. The molecule has 0 aromatic carbocycles. The van der Waals surface area contributed by atoms with Gasteiger partial charge in [-0.1, -0.05) is 237 Å². The normalized spacial score (nSPS) is 12.8. The first-order chi connectivity index (χ1) is 29.5. The molecule has 0 saturated heterocycles. The van der Waals surface area contributed by atoms with Gasteiger partial charge in [0, 0.05) is 12.8 Å². The Morgan fingerprint density at radius 3 is 1.18 bits per heavy atom. The van der Waals surface area contributed by atoms with Crippen molar-refractivity contribution in [2.45, 2.75) is 296 Å². The molecule has 0 aliphatic carbocycles. The molecule has 0 aliphatic heterocycles. The molecule has 3 N–H and O–H groups in total. The van der Waals surface area contributed by atoms with E-state index in [-0.39, 0.29) is 18.5 Å². The minimum absolute atomic E-state index is 0.00334. The third-order valence-electron chi connectivity index (χ3n) is 12.2. The summed E-state index contributed by atoms with van der Waals surface area (Å²) in [6.45, 7) is 4.87. The van der Waals surface area contributed by atoms with Gasteiger partial charge in [0.15, 0.2) is 0 Å². The Kier molecular flexibility index (Phi) is 48.6. The minimum atomic E-state index is -0.846. The van der Waals surface area contributed by atoms with Crippen molar-refractivity contribution in [3.05, 3.63) is 24.3 Å². The second-order valence-electron chi connectivity index (χ2n) is 18.2. The van der Waals surface area contributed by atoms with E-state index in [0.29, 0.717) is 19.4 Å². The van der Waals surface area contributed by atoms with Crippen molar-refractivity contribution in [1.29, 1.82) is 0 Å². The molecule has 2 unspecified atom stereocenters. The van der Waals surface area contributed by atoms with Crippen LogP contribution in [0.1, 0.15) is 284 Å². The van der Waals surface area contributed by atoms with E-state index in [2.05, 4.69) is 31.3 Å². The molecule has 1 amide bonds. The summed E-state index contributed by atoms with van der Waals surface area (Å²) >= 11 is 0. The molecule has 60 heavy (non-hydrogen) atoms. The number of esters is 1. The zero-order valence-electron chi connectivity index (χ0n) is 40.2. The SMILES string of the molecule is CCCCCCCCC/C=C\CCCCCCCC(=O)OCCCCCCCCCCCCCCCCCCCC(=O)NC(CO)C(O)/C=C/CCCCCCCCCC. The summed E-state index contributed by atoms with van der Waals surface area (Å²) in [6, 6.07) is -0.630. The molecule has 0 bridgehead atoms. The molecule has 0 fully saturated rings. The number of aliphatic hydroxyl groups excluding tert-OH is 2. The third kappa shape index (κ3) is 45.9. The highest BCUT2D eigenvalue weighted by Gasteiger charge is 2.18. The number of aliphatic hydroxyl groups is 2. The van der Waals surface area contributed by atoms with Gasteiger partial charge in [-0.3, -0.25) is 9.59 Å². The zero-order valence-corrected chi connectivity index (χ0v) is 40.2. The van der Waals surface area contributed by atoms with Crippen LogP contribution >= 0.6 is 0 Å². The van der Waals surface area contributed by atoms with Crippen LogP contribution in [0.4, 0.5) is 0 Å². The Morgan fingerprint density at radius 2 is 0.783 bits per heavy atom. The molecule has 0 radical (unpaired) electrons. The molecule has 6 heteroatoms. The number of carbonyl (C=O) groups is 2. The van der Waals surface area contributed by atoms with E-state index in [9.17, 15) is 19.8 Å². The molecule has 6 nitrogen and oxygen atoms in total. The molecule has 0 aromatic heterocycles. The van der Waals surface area contributed by atoms with Gasteiger partial charge in [0.25, 0.3) is 0 Å². The molecule has 0 saturated carbocycles. The largest absolute Gasteiger partial charge is 0.466 e. The van der Waals surface area contributed by atoms with Crippen LogP contribution in [0.25, 0.3) is 0 Å². The molecule has 0 spiro atoms. The number of hydrogen-bond donors (Lipinski definition) is 3. The topological polar surface area (TPSA) is 95.9 Å². The highest BCUT2D eigenvalue weighted by atomic mass is 16.5.